The summed E-state index contributed by atoms with van der Waals surface area (Å²) >= 11 is 1.47. The van der Waals surface area contributed by atoms with E-state index >= 15 is 0 Å². The number of hydrogen-bond acceptors (Lipinski definition) is 3. The number of rotatable bonds is 5. The van der Waals surface area contributed by atoms with E-state index in [2.05, 4.69) is 5.32 Å². The van der Waals surface area contributed by atoms with Gasteiger partial charge in [0.1, 0.15) is 0 Å². The van der Waals surface area contributed by atoms with E-state index in [1.54, 1.807) is 6.92 Å². The Balaban J connectivity index is 2.58. The molecule has 0 aliphatic rings. The van der Waals surface area contributed by atoms with Gasteiger partial charge in [-0.1, -0.05) is 6.92 Å². The summed E-state index contributed by atoms with van der Waals surface area (Å²) in [6, 6.07) is 1.98. The standard InChI is InChI=1S/C12H19NO2S/c1-4-10-5-6-16-11(10)12(15)13-8(2)7-9(3)14/h5-6,8-9,14H,4,7H2,1-3H3,(H,13,15). The van der Waals surface area contributed by atoms with Crippen molar-refractivity contribution in [1.29, 1.82) is 0 Å². The SMILES string of the molecule is CCc1ccsc1C(=O)NC(C)CC(C)O. The van der Waals surface area contributed by atoms with Crippen molar-refractivity contribution in [3.63, 3.8) is 0 Å². The lowest BCUT2D eigenvalue weighted by molar-refractivity contribution is 0.0926. The van der Waals surface area contributed by atoms with Crippen LogP contribution in [0.2, 0.25) is 0 Å². The average Bonchev–Trinajstić information content (AvgIpc) is 2.63. The van der Waals surface area contributed by atoms with Crippen molar-refractivity contribution in [1.82, 2.24) is 5.32 Å². The molecule has 2 atom stereocenters. The van der Waals surface area contributed by atoms with E-state index in [9.17, 15) is 9.90 Å². The summed E-state index contributed by atoms with van der Waals surface area (Å²) in [5.41, 5.74) is 1.09. The van der Waals surface area contributed by atoms with Gasteiger partial charge in [0.2, 0.25) is 0 Å². The van der Waals surface area contributed by atoms with E-state index in [-0.39, 0.29) is 18.1 Å². The average molecular weight is 241 g/mol. The minimum Gasteiger partial charge on any atom is -0.393 e. The van der Waals surface area contributed by atoms with Crippen LogP contribution in [0.1, 0.15) is 42.4 Å². The fraction of sp³-hybridized carbons (Fsp3) is 0.583. The van der Waals surface area contributed by atoms with E-state index in [0.29, 0.717) is 6.42 Å². The minimum absolute atomic E-state index is 0.000642. The second-order valence-corrected chi connectivity index (χ2v) is 5.00. The van der Waals surface area contributed by atoms with Crippen LogP contribution in [0.25, 0.3) is 0 Å². The van der Waals surface area contributed by atoms with Crippen LogP contribution in [-0.4, -0.2) is 23.2 Å². The van der Waals surface area contributed by atoms with Crippen LogP contribution in [0, 0.1) is 0 Å². The molecule has 0 saturated carbocycles. The Morgan fingerprint density at radius 2 is 2.25 bits per heavy atom. The first kappa shape index (κ1) is 13.2. The molecule has 0 fully saturated rings. The molecule has 2 N–H and O–H groups in total. The topological polar surface area (TPSA) is 49.3 Å². The maximum atomic E-state index is 11.9. The van der Waals surface area contributed by atoms with Gasteiger partial charge in [-0.2, -0.15) is 0 Å². The molecule has 1 aromatic rings. The number of amides is 1. The molecule has 0 aliphatic heterocycles. The molecule has 4 heteroatoms. The fourth-order valence-electron chi connectivity index (χ4n) is 1.67. The highest BCUT2D eigenvalue weighted by Crippen LogP contribution is 2.17. The fourth-order valence-corrected chi connectivity index (χ4v) is 2.57. The highest BCUT2D eigenvalue weighted by Gasteiger charge is 2.15. The predicted molar refractivity (Wildman–Crippen MR) is 66.9 cm³/mol. The third-order valence-electron chi connectivity index (χ3n) is 2.41. The Morgan fingerprint density at radius 1 is 1.56 bits per heavy atom. The van der Waals surface area contributed by atoms with E-state index in [4.69, 9.17) is 0 Å². The molecule has 1 aromatic heterocycles. The molecule has 0 aromatic carbocycles. The molecule has 1 amide bonds. The molecular formula is C12H19NO2S. The maximum absolute atomic E-state index is 11.9. The van der Waals surface area contributed by atoms with Gasteiger partial charge in [-0.25, -0.2) is 0 Å². The molecule has 0 radical (unpaired) electrons. The van der Waals surface area contributed by atoms with E-state index in [1.165, 1.54) is 11.3 Å². The number of aryl methyl sites for hydroxylation is 1. The second kappa shape index (κ2) is 6.01. The normalized spacial score (nSPS) is 14.5. The first-order chi connectivity index (χ1) is 7.54. The van der Waals surface area contributed by atoms with Crippen molar-refractivity contribution in [3.05, 3.63) is 21.9 Å². The summed E-state index contributed by atoms with van der Waals surface area (Å²) in [5, 5.41) is 14.1. The molecular weight excluding hydrogens is 222 g/mol. The van der Waals surface area contributed by atoms with Crippen LogP contribution < -0.4 is 5.32 Å². The number of nitrogens with one attached hydrogen (secondary N) is 1. The zero-order valence-electron chi connectivity index (χ0n) is 9.99. The molecule has 0 saturated heterocycles. The molecule has 0 aliphatic carbocycles. The predicted octanol–water partition coefficient (Wildman–Crippen LogP) is 2.20. The Bertz CT molecular complexity index is 347. The zero-order valence-corrected chi connectivity index (χ0v) is 10.8. The lowest BCUT2D eigenvalue weighted by atomic mass is 10.1. The van der Waals surface area contributed by atoms with E-state index in [1.807, 2.05) is 25.3 Å². The van der Waals surface area contributed by atoms with Gasteiger partial charge in [0.05, 0.1) is 11.0 Å². The number of carbonyl (C=O) groups excluding carboxylic acids is 1. The van der Waals surface area contributed by atoms with Crippen molar-refractivity contribution >= 4 is 17.2 Å². The lowest BCUT2D eigenvalue weighted by Crippen LogP contribution is -2.34. The summed E-state index contributed by atoms with van der Waals surface area (Å²) in [4.78, 5) is 12.7. The smallest absolute Gasteiger partial charge is 0.261 e. The lowest BCUT2D eigenvalue weighted by Gasteiger charge is -2.15. The summed E-state index contributed by atoms with van der Waals surface area (Å²) in [7, 11) is 0. The van der Waals surface area contributed by atoms with E-state index < -0.39 is 0 Å². The summed E-state index contributed by atoms with van der Waals surface area (Å²) in [6.07, 6.45) is 1.07. The first-order valence-corrected chi connectivity index (χ1v) is 6.47. The van der Waals surface area contributed by atoms with Crippen LogP contribution in [0.4, 0.5) is 0 Å². The summed E-state index contributed by atoms with van der Waals surface area (Å²) < 4.78 is 0. The first-order valence-electron chi connectivity index (χ1n) is 5.59. The number of thiophene rings is 1. The molecule has 90 valence electrons. The van der Waals surface area contributed by atoms with Crippen molar-refractivity contribution in [3.8, 4) is 0 Å². The molecule has 0 spiro atoms. The molecule has 1 heterocycles. The summed E-state index contributed by atoms with van der Waals surface area (Å²) in [5.74, 6) is -0.0278. The number of aliphatic hydroxyl groups is 1. The molecule has 16 heavy (non-hydrogen) atoms. The Hall–Kier alpha value is -0.870. The van der Waals surface area contributed by atoms with Crippen molar-refractivity contribution < 1.29 is 9.90 Å². The van der Waals surface area contributed by atoms with Gasteiger partial charge in [-0.05, 0) is 43.7 Å². The van der Waals surface area contributed by atoms with Crippen molar-refractivity contribution in [2.45, 2.75) is 45.8 Å². The zero-order chi connectivity index (χ0) is 12.1. The Kier molecular flexibility index (Phi) is 4.96. The van der Waals surface area contributed by atoms with Crippen LogP contribution in [0.15, 0.2) is 11.4 Å². The Morgan fingerprint density at radius 3 is 2.81 bits per heavy atom. The van der Waals surface area contributed by atoms with Gasteiger partial charge in [0.15, 0.2) is 0 Å². The Labute approximate surface area is 100 Å². The quantitative estimate of drug-likeness (QED) is 0.830. The van der Waals surface area contributed by atoms with Crippen LogP contribution in [0.5, 0.6) is 0 Å². The number of aliphatic hydroxyl groups excluding tert-OH is 1. The maximum Gasteiger partial charge on any atom is 0.261 e. The summed E-state index contributed by atoms with van der Waals surface area (Å²) in [6.45, 7) is 5.67. The van der Waals surface area contributed by atoms with Gasteiger partial charge in [0.25, 0.3) is 5.91 Å². The molecule has 0 bridgehead atoms. The number of hydrogen-bond donors (Lipinski definition) is 2. The highest BCUT2D eigenvalue weighted by atomic mass is 32.1. The van der Waals surface area contributed by atoms with Gasteiger partial charge in [-0.15, -0.1) is 11.3 Å². The number of carbonyl (C=O) groups is 1. The van der Waals surface area contributed by atoms with Gasteiger partial charge in [0, 0.05) is 6.04 Å². The molecule has 2 unspecified atom stereocenters. The second-order valence-electron chi connectivity index (χ2n) is 4.09. The van der Waals surface area contributed by atoms with Crippen LogP contribution in [-0.2, 0) is 6.42 Å². The van der Waals surface area contributed by atoms with Crippen LogP contribution >= 0.6 is 11.3 Å². The van der Waals surface area contributed by atoms with Crippen molar-refractivity contribution in [2.24, 2.45) is 0 Å². The van der Waals surface area contributed by atoms with Gasteiger partial charge < -0.3 is 10.4 Å². The van der Waals surface area contributed by atoms with Gasteiger partial charge in [-0.3, -0.25) is 4.79 Å². The monoisotopic (exact) mass is 241 g/mol. The highest BCUT2D eigenvalue weighted by molar-refractivity contribution is 7.12. The van der Waals surface area contributed by atoms with Gasteiger partial charge >= 0.3 is 0 Å². The third-order valence-corrected chi connectivity index (χ3v) is 3.36. The molecule has 1 rings (SSSR count). The minimum atomic E-state index is -0.385. The van der Waals surface area contributed by atoms with Crippen LogP contribution in [0.3, 0.4) is 0 Å². The largest absolute Gasteiger partial charge is 0.393 e. The van der Waals surface area contributed by atoms with Crippen molar-refractivity contribution in [2.75, 3.05) is 0 Å². The molecule has 3 nitrogen and oxygen atoms in total. The third kappa shape index (κ3) is 3.61. The van der Waals surface area contributed by atoms with E-state index in [0.717, 1.165) is 16.9 Å².